The molecule has 0 N–H and O–H groups in total. The van der Waals surface area contributed by atoms with E-state index in [0.29, 0.717) is 4.47 Å². The average Bonchev–Trinajstić information content (AvgIpc) is 2.88. The molecule has 0 spiro atoms. The SMILES string of the molecule is CCOC(=O)c1nocc1-c1ccc(Br)cc1[N+](=O)[O-]. The van der Waals surface area contributed by atoms with Crippen molar-refractivity contribution in [2.75, 3.05) is 6.61 Å². The zero-order valence-corrected chi connectivity index (χ0v) is 11.9. The summed E-state index contributed by atoms with van der Waals surface area (Å²) in [6.07, 6.45) is 1.18. The van der Waals surface area contributed by atoms with Gasteiger partial charge in [-0.2, -0.15) is 0 Å². The molecule has 0 amide bonds. The summed E-state index contributed by atoms with van der Waals surface area (Å²) in [7, 11) is 0. The van der Waals surface area contributed by atoms with Gasteiger partial charge in [0.05, 0.1) is 22.7 Å². The standard InChI is InChI=1S/C12H9BrN2O5/c1-2-19-12(16)11-9(6-20-14-11)8-4-3-7(13)5-10(8)15(17)18/h3-6H,2H2,1H3. The van der Waals surface area contributed by atoms with Crippen molar-refractivity contribution >= 4 is 27.6 Å². The summed E-state index contributed by atoms with van der Waals surface area (Å²) in [5, 5.41) is 14.6. The van der Waals surface area contributed by atoms with Gasteiger partial charge in [0.15, 0.2) is 5.69 Å². The van der Waals surface area contributed by atoms with Crippen LogP contribution < -0.4 is 0 Å². The van der Waals surface area contributed by atoms with Crippen molar-refractivity contribution in [3.63, 3.8) is 0 Å². The van der Waals surface area contributed by atoms with Crippen molar-refractivity contribution in [2.45, 2.75) is 6.92 Å². The van der Waals surface area contributed by atoms with E-state index < -0.39 is 10.9 Å². The molecule has 104 valence electrons. The molecule has 0 aliphatic carbocycles. The predicted octanol–water partition coefficient (Wildman–Crippen LogP) is 3.19. The summed E-state index contributed by atoms with van der Waals surface area (Å²) in [4.78, 5) is 22.3. The first-order valence-electron chi connectivity index (χ1n) is 5.60. The summed E-state index contributed by atoms with van der Waals surface area (Å²) in [6.45, 7) is 1.83. The molecular weight excluding hydrogens is 332 g/mol. The molecule has 7 nitrogen and oxygen atoms in total. The van der Waals surface area contributed by atoms with Gasteiger partial charge >= 0.3 is 5.97 Å². The third-order valence-corrected chi connectivity index (χ3v) is 2.98. The molecule has 0 fully saturated rings. The third-order valence-electron chi connectivity index (χ3n) is 2.49. The van der Waals surface area contributed by atoms with Gasteiger partial charge in [-0.3, -0.25) is 10.1 Å². The zero-order valence-electron chi connectivity index (χ0n) is 10.3. The van der Waals surface area contributed by atoms with Crippen molar-refractivity contribution in [2.24, 2.45) is 0 Å². The lowest BCUT2D eigenvalue weighted by Gasteiger charge is -2.03. The number of nitro benzene ring substituents is 1. The highest BCUT2D eigenvalue weighted by Crippen LogP contribution is 2.34. The first-order valence-corrected chi connectivity index (χ1v) is 6.39. The van der Waals surface area contributed by atoms with Gasteiger partial charge in [-0.15, -0.1) is 0 Å². The van der Waals surface area contributed by atoms with Crippen LogP contribution in [0.2, 0.25) is 0 Å². The zero-order chi connectivity index (χ0) is 14.7. The van der Waals surface area contributed by atoms with Crippen LogP contribution in [0.5, 0.6) is 0 Å². The van der Waals surface area contributed by atoms with Crippen LogP contribution in [-0.2, 0) is 4.74 Å². The molecule has 0 aliphatic rings. The van der Waals surface area contributed by atoms with Gasteiger partial charge in [0.25, 0.3) is 5.69 Å². The van der Waals surface area contributed by atoms with Crippen molar-refractivity contribution in [1.29, 1.82) is 0 Å². The van der Waals surface area contributed by atoms with E-state index in [9.17, 15) is 14.9 Å². The molecule has 0 saturated heterocycles. The summed E-state index contributed by atoms with van der Waals surface area (Å²) in [6, 6.07) is 4.49. The Labute approximate surface area is 121 Å². The molecular formula is C12H9BrN2O5. The maximum absolute atomic E-state index is 11.7. The van der Waals surface area contributed by atoms with Gasteiger partial charge in [-0.1, -0.05) is 21.1 Å². The van der Waals surface area contributed by atoms with Crippen molar-refractivity contribution in [1.82, 2.24) is 5.16 Å². The second kappa shape index (κ2) is 5.83. The van der Waals surface area contributed by atoms with Crippen LogP contribution in [0.3, 0.4) is 0 Å². The van der Waals surface area contributed by atoms with E-state index >= 15 is 0 Å². The van der Waals surface area contributed by atoms with Crippen molar-refractivity contribution < 1.29 is 19.0 Å². The molecule has 8 heteroatoms. The summed E-state index contributed by atoms with van der Waals surface area (Å²) in [5.74, 6) is -0.687. The van der Waals surface area contributed by atoms with Gasteiger partial charge in [-0.05, 0) is 19.1 Å². The third kappa shape index (κ3) is 2.69. The van der Waals surface area contributed by atoms with E-state index in [1.54, 1.807) is 13.0 Å². The molecule has 0 atom stereocenters. The van der Waals surface area contributed by atoms with E-state index in [4.69, 9.17) is 9.26 Å². The number of rotatable bonds is 4. The van der Waals surface area contributed by atoms with E-state index in [2.05, 4.69) is 21.1 Å². The molecule has 0 aliphatic heterocycles. The molecule has 0 radical (unpaired) electrons. The van der Waals surface area contributed by atoms with Gasteiger partial charge in [0.2, 0.25) is 0 Å². The molecule has 0 saturated carbocycles. The summed E-state index contributed by atoms with van der Waals surface area (Å²) in [5.41, 5.74) is 0.218. The number of hydrogen-bond acceptors (Lipinski definition) is 6. The highest BCUT2D eigenvalue weighted by Gasteiger charge is 2.25. The van der Waals surface area contributed by atoms with Crippen LogP contribution in [0.4, 0.5) is 5.69 Å². The lowest BCUT2D eigenvalue weighted by Crippen LogP contribution is -2.06. The molecule has 2 rings (SSSR count). The second-order valence-electron chi connectivity index (χ2n) is 3.72. The minimum absolute atomic E-state index is 0.0859. The number of nitro groups is 1. The summed E-state index contributed by atoms with van der Waals surface area (Å²) < 4.78 is 10.1. The fourth-order valence-corrected chi connectivity index (χ4v) is 2.01. The molecule has 0 unspecified atom stereocenters. The number of carbonyl (C=O) groups excluding carboxylic acids is 1. The maximum Gasteiger partial charge on any atom is 0.361 e. The lowest BCUT2D eigenvalue weighted by molar-refractivity contribution is -0.384. The molecule has 20 heavy (non-hydrogen) atoms. The van der Waals surface area contributed by atoms with Crippen LogP contribution in [0, 0.1) is 10.1 Å². The quantitative estimate of drug-likeness (QED) is 0.481. The Morgan fingerprint density at radius 1 is 1.50 bits per heavy atom. The van der Waals surface area contributed by atoms with Gasteiger partial charge in [0, 0.05) is 10.5 Å². The van der Waals surface area contributed by atoms with Crippen LogP contribution >= 0.6 is 15.9 Å². The predicted molar refractivity (Wildman–Crippen MR) is 72.2 cm³/mol. The van der Waals surface area contributed by atoms with Gasteiger partial charge in [-0.25, -0.2) is 4.79 Å². The van der Waals surface area contributed by atoms with Crippen molar-refractivity contribution in [3.8, 4) is 11.1 Å². The van der Waals surface area contributed by atoms with Gasteiger partial charge < -0.3 is 9.26 Å². The number of ether oxygens (including phenoxy) is 1. The van der Waals surface area contributed by atoms with Gasteiger partial charge in [0.1, 0.15) is 6.26 Å². The maximum atomic E-state index is 11.7. The van der Waals surface area contributed by atoms with Crippen LogP contribution in [-0.4, -0.2) is 22.7 Å². The number of benzene rings is 1. The Bertz CT molecular complexity index is 668. The highest BCUT2D eigenvalue weighted by molar-refractivity contribution is 9.10. The lowest BCUT2D eigenvalue weighted by atomic mass is 10.0. The van der Waals surface area contributed by atoms with Crippen LogP contribution in [0.25, 0.3) is 11.1 Å². The fourth-order valence-electron chi connectivity index (χ4n) is 1.66. The minimum atomic E-state index is -0.687. The molecule has 0 bridgehead atoms. The highest BCUT2D eigenvalue weighted by atomic mass is 79.9. The Morgan fingerprint density at radius 3 is 2.90 bits per heavy atom. The number of carbonyl (C=O) groups is 1. The first-order chi connectivity index (χ1) is 9.54. The number of esters is 1. The topological polar surface area (TPSA) is 95.5 Å². The van der Waals surface area contributed by atoms with E-state index in [1.807, 2.05) is 0 Å². The monoisotopic (exact) mass is 340 g/mol. The van der Waals surface area contributed by atoms with Crippen molar-refractivity contribution in [3.05, 3.63) is 44.7 Å². The second-order valence-corrected chi connectivity index (χ2v) is 4.63. The average molecular weight is 341 g/mol. The Morgan fingerprint density at radius 2 is 2.25 bits per heavy atom. The number of nitrogens with zero attached hydrogens (tertiary/aromatic N) is 2. The molecule has 1 aromatic carbocycles. The van der Waals surface area contributed by atoms with Crippen LogP contribution in [0.15, 0.2) is 33.5 Å². The smallest absolute Gasteiger partial charge is 0.361 e. The number of hydrogen-bond donors (Lipinski definition) is 0. The number of aromatic nitrogens is 1. The molecule has 1 aromatic heterocycles. The Hall–Kier alpha value is -2.22. The molecule has 1 heterocycles. The van der Waals surface area contributed by atoms with E-state index in [1.165, 1.54) is 18.4 Å². The van der Waals surface area contributed by atoms with Crippen LogP contribution in [0.1, 0.15) is 17.4 Å². The normalized spacial score (nSPS) is 10.3. The van der Waals surface area contributed by atoms with E-state index in [-0.39, 0.29) is 29.1 Å². The fraction of sp³-hybridized carbons (Fsp3) is 0.167. The Kier molecular flexibility index (Phi) is 4.14. The molecule has 2 aromatic rings. The first kappa shape index (κ1) is 14.2. The largest absolute Gasteiger partial charge is 0.461 e. The van der Waals surface area contributed by atoms with E-state index in [0.717, 1.165) is 0 Å². The minimum Gasteiger partial charge on any atom is -0.461 e. The summed E-state index contributed by atoms with van der Waals surface area (Å²) >= 11 is 3.17. The number of halogens is 1. The Balaban J connectivity index is 2.55.